The van der Waals surface area contributed by atoms with Crippen LogP contribution in [-0.4, -0.2) is 30.8 Å². The second-order valence-electron chi connectivity index (χ2n) is 7.50. The Labute approximate surface area is 193 Å². The Bertz CT molecular complexity index is 1560. The molecule has 8 heteroatoms. The number of hydrogen-bond acceptors (Lipinski definition) is 6. The van der Waals surface area contributed by atoms with Crippen molar-refractivity contribution in [1.29, 1.82) is 0 Å². The number of aromatic carboxylic acids is 1. The molecule has 0 saturated heterocycles. The largest absolute Gasteiger partial charge is 0.505 e. The molecule has 0 aliphatic heterocycles. The molecular formula is C26H18N4O4. The first-order chi connectivity index (χ1) is 16.5. The molecule has 2 aromatic heterocycles. The summed E-state index contributed by atoms with van der Waals surface area (Å²) in [6.45, 7) is 0. The van der Waals surface area contributed by atoms with Gasteiger partial charge in [-0.05, 0) is 42.0 Å². The molecule has 34 heavy (non-hydrogen) atoms. The van der Waals surface area contributed by atoms with Gasteiger partial charge in [0.1, 0.15) is 5.69 Å². The van der Waals surface area contributed by atoms with Gasteiger partial charge in [0.15, 0.2) is 11.4 Å². The maximum Gasteiger partial charge on any atom is 0.335 e. The average molecular weight is 450 g/mol. The molecule has 166 valence electrons. The smallest absolute Gasteiger partial charge is 0.335 e. The van der Waals surface area contributed by atoms with E-state index in [0.29, 0.717) is 22.2 Å². The van der Waals surface area contributed by atoms with Crippen LogP contribution in [0.1, 0.15) is 10.4 Å². The highest BCUT2D eigenvalue weighted by Crippen LogP contribution is 2.43. The van der Waals surface area contributed by atoms with Crippen molar-refractivity contribution in [2.75, 3.05) is 0 Å². The lowest BCUT2D eigenvalue weighted by atomic mass is 10.0. The van der Waals surface area contributed by atoms with Crippen molar-refractivity contribution in [2.24, 2.45) is 10.2 Å². The highest BCUT2D eigenvalue weighted by molar-refractivity contribution is 5.96. The van der Waals surface area contributed by atoms with E-state index in [1.54, 1.807) is 53.4 Å². The monoisotopic (exact) mass is 450 g/mol. The Kier molecular flexibility index (Phi) is 5.23. The summed E-state index contributed by atoms with van der Waals surface area (Å²) in [5, 5.41) is 40.2. The number of nitrogens with zero attached hydrogens (tertiary/aromatic N) is 4. The number of pyridine rings is 1. The quantitative estimate of drug-likeness (QED) is 0.275. The average Bonchev–Trinajstić information content (AvgIpc) is 3.15. The summed E-state index contributed by atoms with van der Waals surface area (Å²) in [5.41, 5.74) is 2.88. The van der Waals surface area contributed by atoms with Crippen LogP contribution in [0.3, 0.4) is 0 Å². The zero-order valence-corrected chi connectivity index (χ0v) is 17.7. The van der Waals surface area contributed by atoms with Crippen molar-refractivity contribution >= 4 is 28.2 Å². The number of benzene rings is 3. The number of hydrogen-bond donors (Lipinski definition) is 3. The second-order valence-corrected chi connectivity index (χ2v) is 7.50. The summed E-state index contributed by atoms with van der Waals surface area (Å²) in [6, 6.07) is 22.2. The molecule has 0 bridgehead atoms. The van der Waals surface area contributed by atoms with E-state index in [1.807, 2.05) is 30.3 Å². The van der Waals surface area contributed by atoms with Gasteiger partial charge in [0.25, 0.3) is 0 Å². The molecule has 0 aliphatic carbocycles. The topological polar surface area (TPSA) is 120 Å². The minimum atomic E-state index is -1.06. The first-order valence-corrected chi connectivity index (χ1v) is 10.3. The van der Waals surface area contributed by atoms with E-state index < -0.39 is 5.97 Å². The lowest BCUT2D eigenvalue weighted by Gasteiger charge is -2.07. The van der Waals surface area contributed by atoms with Gasteiger partial charge < -0.3 is 15.3 Å². The van der Waals surface area contributed by atoms with Crippen molar-refractivity contribution in [3.05, 3.63) is 96.8 Å². The predicted molar refractivity (Wildman–Crippen MR) is 127 cm³/mol. The SMILES string of the molecule is O=C(O)c1cccc(-c2cccc(N=Nc3c(O)n(-c4cccnc4)c4ccccc34)c2O)c1. The molecule has 5 rings (SSSR count). The number of carboxylic acid groups (broad SMARTS) is 1. The number of para-hydroxylation sites is 2. The molecule has 2 heterocycles. The van der Waals surface area contributed by atoms with Crippen molar-refractivity contribution in [1.82, 2.24) is 9.55 Å². The zero-order valence-electron chi connectivity index (χ0n) is 17.7. The van der Waals surface area contributed by atoms with Gasteiger partial charge in [-0.15, -0.1) is 10.2 Å². The number of carbonyl (C=O) groups is 1. The molecule has 0 aliphatic rings. The van der Waals surface area contributed by atoms with Gasteiger partial charge in [-0.2, -0.15) is 0 Å². The van der Waals surface area contributed by atoms with Crippen molar-refractivity contribution in [2.45, 2.75) is 0 Å². The third-order valence-electron chi connectivity index (χ3n) is 5.42. The Morgan fingerprint density at radius 3 is 2.50 bits per heavy atom. The number of carboxylic acids is 1. The highest BCUT2D eigenvalue weighted by atomic mass is 16.4. The summed E-state index contributed by atoms with van der Waals surface area (Å²) in [7, 11) is 0. The minimum absolute atomic E-state index is 0.108. The first kappa shape index (κ1) is 20.9. The van der Waals surface area contributed by atoms with E-state index >= 15 is 0 Å². The Hall–Kier alpha value is -4.98. The number of phenols is 1. The fraction of sp³-hybridized carbons (Fsp3) is 0. The summed E-state index contributed by atoms with van der Waals surface area (Å²) in [5.74, 6) is -1.32. The highest BCUT2D eigenvalue weighted by Gasteiger charge is 2.18. The third-order valence-corrected chi connectivity index (χ3v) is 5.42. The van der Waals surface area contributed by atoms with Crippen LogP contribution in [0.15, 0.2) is 101 Å². The van der Waals surface area contributed by atoms with Crippen LogP contribution in [0, 0.1) is 0 Å². The van der Waals surface area contributed by atoms with E-state index in [-0.39, 0.29) is 28.6 Å². The van der Waals surface area contributed by atoms with Gasteiger partial charge >= 0.3 is 5.97 Å². The molecule has 0 amide bonds. The lowest BCUT2D eigenvalue weighted by Crippen LogP contribution is -1.95. The summed E-state index contributed by atoms with van der Waals surface area (Å²) in [6.07, 6.45) is 3.28. The van der Waals surface area contributed by atoms with Crippen LogP contribution < -0.4 is 0 Å². The number of rotatable bonds is 5. The molecule has 3 aromatic carbocycles. The van der Waals surface area contributed by atoms with E-state index in [9.17, 15) is 20.1 Å². The van der Waals surface area contributed by atoms with Crippen LogP contribution >= 0.6 is 0 Å². The third kappa shape index (κ3) is 3.63. The van der Waals surface area contributed by atoms with Crippen molar-refractivity contribution < 1.29 is 20.1 Å². The number of azo groups is 1. The fourth-order valence-electron chi connectivity index (χ4n) is 3.82. The fourth-order valence-corrected chi connectivity index (χ4v) is 3.82. The number of fused-ring (bicyclic) bond motifs is 1. The van der Waals surface area contributed by atoms with Gasteiger partial charge in [0, 0.05) is 17.1 Å². The predicted octanol–water partition coefficient (Wildman–Crippen LogP) is 6.22. The number of phenolic OH excluding ortho intramolecular Hbond substituents is 1. The van der Waals surface area contributed by atoms with E-state index in [2.05, 4.69) is 15.2 Å². The van der Waals surface area contributed by atoms with Crippen LogP contribution in [0.2, 0.25) is 0 Å². The Balaban J connectivity index is 1.59. The number of aromatic nitrogens is 2. The van der Waals surface area contributed by atoms with Gasteiger partial charge in [-0.1, -0.05) is 42.5 Å². The molecular weight excluding hydrogens is 432 g/mol. The lowest BCUT2D eigenvalue weighted by molar-refractivity contribution is 0.0697. The van der Waals surface area contributed by atoms with Crippen LogP contribution in [-0.2, 0) is 0 Å². The maximum absolute atomic E-state index is 11.3. The molecule has 0 atom stereocenters. The van der Waals surface area contributed by atoms with Crippen LogP contribution in [0.4, 0.5) is 11.4 Å². The summed E-state index contributed by atoms with van der Waals surface area (Å²) < 4.78 is 1.63. The van der Waals surface area contributed by atoms with E-state index in [0.717, 1.165) is 5.52 Å². The molecule has 0 unspecified atom stereocenters. The Morgan fingerprint density at radius 2 is 1.71 bits per heavy atom. The van der Waals surface area contributed by atoms with E-state index in [1.165, 1.54) is 12.1 Å². The van der Waals surface area contributed by atoms with Gasteiger partial charge in [0.05, 0.1) is 23.0 Å². The van der Waals surface area contributed by atoms with Gasteiger partial charge in [-0.3, -0.25) is 9.55 Å². The first-order valence-electron chi connectivity index (χ1n) is 10.3. The normalized spacial score (nSPS) is 11.3. The van der Waals surface area contributed by atoms with Crippen molar-refractivity contribution in [3.63, 3.8) is 0 Å². The summed E-state index contributed by atoms with van der Waals surface area (Å²) >= 11 is 0. The second kappa shape index (κ2) is 8.51. The molecule has 8 nitrogen and oxygen atoms in total. The van der Waals surface area contributed by atoms with Crippen LogP contribution in [0.25, 0.3) is 27.7 Å². The zero-order chi connectivity index (χ0) is 23.7. The number of aromatic hydroxyl groups is 2. The minimum Gasteiger partial charge on any atom is -0.505 e. The molecule has 0 spiro atoms. The van der Waals surface area contributed by atoms with Crippen molar-refractivity contribution in [3.8, 4) is 28.4 Å². The standard InChI is InChI=1S/C26H18N4O4/c31-24-19(16-6-3-7-17(14-16)26(33)34)10-4-11-21(24)28-29-23-20-9-1-2-12-22(20)30(25(23)32)18-8-5-13-27-15-18/h1-15,31-32H,(H,33,34). The molecule has 5 aromatic rings. The molecule has 0 fully saturated rings. The Morgan fingerprint density at radius 1 is 0.882 bits per heavy atom. The van der Waals surface area contributed by atoms with Gasteiger partial charge in [0.2, 0.25) is 5.88 Å². The van der Waals surface area contributed by atoms with E-state index in [4.69, 9.17) is 0 Å². The summed E-state index contributed by atoms with van der Waals surface area (Å²) in [4.78, 5) is 15.4. The van der Waals surface area contributed by atoms with Gasteiger partial charge in [-0.25, -0.2) is 4.79 Å². The molecule has 0 radical (unpaired) electrons. The van der Waals surface area contributed by atoms with Crippen LogP contribution in [0.5, 0.6) is 11.6 Å². The molecule has 3 N–H and O–H groups in total. The molecule has 0 saturated carbocycles. The maximum atomic E-state index is 11.3.